The molecule has 2 rings (SSSR count). The van der Waals surface area contributed by atoms with Gasteiger partial charge in [0.05, 0.1) is 5.92 Å². The van der Waals surface area contributed by atoms with Gasteiger partial charge >= 0.3 is 12.1 Å². The number of ether oxygens (including phenoxy) is 2. The van der Waals surface area contributed by atoms with E-state index in [4.69, 9.17) is 9.47 Å². The molecule has 2 aromatic rings. The molecule has 0 fully saturated rings. The Bertz CT molecular complexity index is 1180. The van der Waals surface area contributed by atoms with Gasteiger partial charge in [-0.25, -0.2) is 4.79 Å². The monoisotopic (exact) mass is 609 g/mol. The lowest BCUT2D eigenvalue weighted by Gasteiger charge is -2.24. The average Bonchev–Trinajstić information content (AvgIpc) is 2.96. The second-order valence-electron chi connectivity index (χ2n) is 12.6. The molecule has 0 aliphatic carbocycles. The molecule has 0 heterocycles. The molecule has 0 aromatic heterocycles. The number of hydrogen-bond donors (Lipinski definition) is 3. The van der Waals surface area contributed by atoms with Crippen molar-refractivity contribution in [2.75, 3.05) is 13.1 Å². The van der Waals surface area contributed by atoms with Crippen LogP contribution in [0, 0.1) is 5.92 Å². The van der Waals surface area contributed by atoms with Crippen molar-refractivity contribution in [1.82, 2.24) is 16.0 Å². The third-order valence-corrected chi connectivity index (χ3v) is 6.85. The number of carbonyl (C=O) groups is 4. The van der Waals surface area contributed by atoms with Crippen molar-refractivity contribution in [2.45, 2.75) is 104 Å². The number of rotatable bonds is 17. The summed E-state index contributed by atoms with van der Waals surface area (Å²) in [5.74, 6) is -0.760. The Morgan fingerprint density at radius 2 is 1.43 bits per heavy atom. The Hall–Kier alpha value is -3.88. The van der Waals surface area contributed by atoms with Crippen molar-refractivity contribution >= 4 is 23.9 Å². The van der Waals surface area contributed by atoms with Crippen LogP contribution < -0.4 is 16.0 Å². The molecule has 0 unspecified atom stereocenters. The Morgan fingerprint density at radius 3 is 2.07 bits per heavy atom. The van der Waals surface area contributed by atoms with Crippen molar-refractivity contribution in [3.8, 4) is 0 Å². The van der Waals surface area contributed by atoms with Gasteiger partial charge in [0.1, 0.15) is 18.2 Å². The highest BCUT2D eigenvalue weighted by atomic mass is 16.6. The highest BCUT2D eigenvalue weighted by molar-refractivity contribution is 5.88. The van der Waals surface area contributed by atoms with Crippen molar-refractivity contribution in [3.05, 3.63) is 71.3 Å². The largest absolute Gasteiger partial charge is 0.461 e. The second kappa shape index (κ2) is 18.7. The van der Waals surface area contributed by atoms with E-state index in [1.54, 1.807) is 20.8 Å². The minimum atomic E-state index is -1.01. The maximum Gasteiger partial charge on any atom is 0.408 e. The molecule has 0 radical (unpaired) electrons. The van der Waals surface area contributed by atoms with E-state index in [0.717, 1.165) is 30.4 Å². The van der Waals surface area contributed by atoms with Gasteiger partial charge in [-0.1, -0.05) is 81.3 Å². The fourth-order valence-electron chi connectivity index (χ4n) is 4.47. The zero-order chi connectivity index (χ0) is 32.5. The molecule has 0 saturated carbocycles. The quantitative estimate of drug-likeness (QED) is 0.154. The molecule has 2 aromatic carbocycles. The summed E-state index contributed by atoms with van der Waals surface area (Å²) in [5, 5.41) is 8.25. The molecular formula is C35H51N3O6. The van der Waals surface area contributed by atoms with Crippen LogP contribution in [0.15, 0.2) is 54.6 Å². The first-order valence-corrected chi connectivity index (χ1v) is 15.7. The van der Waals surface area contributed by atoms with Crippen LogP contribution in [0.25, 0.3) is 0 Å². The molecule has 3 N–H and O–H groups in total. The zero-order valence-electron chi connectivity index (χ0n) is 27.2. The van der Waals surface area contributed by atoms with E-state index >= 15 is 0 Å². The molecule has 44 heavy (non-hydrogen) atoms. The molecule has 0 aliphatic rings. The number of amides is 3. The highest BCUT2D eigenvalue weighted by Crippen LogP contribution is 2.18. The number of hydrogen-bond acceptors (Lipinski definition) is 6. The molecule has 0 spiro atoms. The summed E-state index contributed by atoms with van der Waals surface area (Å²) in [5.41, 5.74) is 2.31. The van der Waals surface area contributed by atoms with E-state index in [-0.39, 0.29) is 25.0 Å². The number of esters is 1. The van der Waals surface area contributed by atoms with E-state index in [1.165, 1.54) is 5.56 Å². The minimum Gasteiger partial charge on any atom is -0.461 e. The van der Waals surface area contributed by atoms with Crippen LogP contribution in [-0.4, -0.2) is 48.6 Å². The lowest BCUT2D eigenvalue weighted by Crippen LogP contribution is -2.54. The summed E-state index contributed by atoms with van der Waals surface area (Å²) >= 11 is 0. The molecule has 2 atom stereocenters. The van der Waals surface area contributed by atoms with Gasteiger partial charge < -0.3 is 25.4 Å². The summed E-state index contributed by atoms with van der Waals surface area (Å²) in [7, 11) is 0. The molecule has 0 saturated heterocycles. The van der Waals surface area contributed by atoms with Gasteiger partial charge in [-0.2, -0.15) is 0 Å². The van der Waals surface area contributed by atoms with E-state index in [2.05, 4.69) is 29.8 Å². The first-order valence-electron chi connectivity index (χ1n) is 15.7. The van der Waals surface area contributed by atoms with Crippen LogP contribution >= 0.6 is 0 Å². The molecule has 3 amide bonds. The lowest BCUT2D eigenvalue weighted by atomic mass is 9.96. The lowest BCUT2D eigenvalue weighted by molar-refractivity contribution is -0.145. The molecule has 9 heteroatoms. The van der Waals surface area contributed by atoms with Gasteiger partial charge in [0.2, 0.25) is 11.8 Å². The van der Waals surface area contributed by atoms with Gasteiger partial charge in [-0.05, 0) is 69.6 Å². The maximum absolute atomic E-state index is 13.0. The molecule has 0 bridgehead atoms. The van der Waals surface area contributed by atoms with E-state index in [9.17, 15) is 19.2 Å². The van der Waals surface area contributed by atoms with Crippen LogP contribution in [0.2, 0.25) is 0 Å². The summed E-state index contributed by atoms with van der Waals surface area (Å²) in [4.78, 5) is 50.4. The fraction of sp³-hybridized carbons (Fsp3) is 0.543. The van der Waals surface area contributed by atoms with Crippen molar-refractivity contribution in [1.29, 1.82) is 0 Å². The predicted octanol–water partition coefficient (Wildman–Crippen LogP) is 5.81. The van der Waals surface area contributed by atoms with Crippen LogP contribution in [0.3, 0.4) is 0 Å². The number of unbranched alkanes of at least 4 members (excludes halogenated alkanes) is 3. The Morgan fingerprint density at radius 1 is 0.773 bits per heavy atom. The SMILES string of the molecule is CC(C)Cc1ccc([C@H](C)C(=O)NC[C@@H](NC(=O)OC(C)(C)C)C(=O)NCCCCCCC(=O)OCc2ccccc2)cc1. The minimum absolute atomic E-state index is 0.0786. The third kappa shape index (κ3) is 15.0. The number of benzene rings is 2. The highest BCUT2D eigenvalue weighted by Gasteiger charge is 2.26. The van der Waals surface area contributed by atoms with Gasteiger partial charge in [0, 0.05) is 19.5 Å². The summed E-state index contributed by atoms with van der Waals surface area (Å²) in [6, 6.07) is 16.5. The number of alkyl carbamates (subject to hydrolysis) is 1. The maximum atomic E-state index is 13.0. The average molecular weight is 610 g/mol. The normalized spacial score (nSPS) is 12.6. The fourth-order valence-corrected chi connectivity index (χ4v) is 4.47. The van der Waals surface area contributed by atoms with Crippen LogP contribution in [-0.2, 0) is 36.9 Å². The smallest absolute Gasteiger partial charge is 0.408 e. The first-order chi connectivity index (χ1) is 20.8. The predicted molar refractivity (Wildman–Crippen MR) is 172 cm³/mol. The van der Waals surface area contributed by atoms with Gasteiger partial charge in [-0.15, -0.1) is 0 Å². The van der Waals surface area contributed by atoms with Crippen molar-refractivity contribution in [3.63, 3.8) is 0 Å². The van der Waals surface area contributed by atoms with Gasteiger partial charge in [-0.3, -0.25) is 14.4 Å². The Labute approximate surface area is 262 Å². The van der Waals surface area contributed by atoms with E-state index < -0.39 is 29.6 Å². The topological polar surface area (TPSA) is 123 Å². The summed E-state index contributed by atoms with van der Waals surface area (Å²) in [6.07, 6.45) is 3.64. The van der Waals surface area contributed by atoms with E-state index in [1.807, 2.05) is 61.5 Å². The molecular weight excluding hydrogens is 558 g/mol. The summed E-state index contributed by atoms with van der Waals surface area (Å²) < 4.78 is 10.6. The van der Waals surface area contributed by atoms with Crippen LogP contribution in [0.5, 0.6) is 0 Å². The van der Waals surface area contributed by atoms with Crippen molar-refractivity contribution in [2.24, 2.45) is 5.92 Å². The van der Waals surface area contributed by atoms with E-state index in [0.29, 0.717) is 31.7 Å². The Balaban J connectivity index is 1.78. The van der Waals surface area contributed by atoms with Gasteiger partial charge in [0.15, 0.2) is 0 Å². The van der Waals surface area contributed by atoms with Crippen molar-refractivity contribution < 1.29 is 28.7 Å². The van der Waals surface area contributed by atoms with Gasteiger partial charge in [0.25, 0.3) is 0 Å². The molecule has 242 valence electrons. The standard InChI is InChI=1S/C35H51N3O6/c1-25(2)22-27-17-19-29(20-18-27)26(3)32(40)37-23-30(38-34(42)44-35(4,5)6)33(41)36-21-13-8-7-12-16-31(39)43-24-28-14-10-9-11-15-28/h9-11,14-15,17-20,25-26,30H,7-8,12-13,16,21-24H2,1-6H3,(H,36,41)(H,37,40)(H,38,42)/t26-,30+/m0/s1. The third-order valence-electron chi connectivity index (χ3n) is 6.85. The molecule has 9 nitrogen and oxygen atoms in total. The first kappa shape index (κ1) is 36.3. The number of carbonyl (C=O) groups excluding carboxylic acids is 4. The van der Waals surface area contributed by atoms with Crippen LogP contribution in [0.4, 0.5) is 4.79 Å². The second-order valence-corrected chi connectivity index (χ2v) is 12.6. The Kier molecular flexibility index (Phi) is 15.4. The van der Waals surface area contributed by atoms with Crippen LogP contribution in [0.1, 0.15) is 96.3 Å². The summed E-state index contributed by atoms with van der Waals surface area (Å²) in [6.45, 7) is 11.9. The zero-order valence-corrected chi connectivity index (χ0v) is 27.2. The molecule has 0 aliphatic heterocycles. The number of nitrogens with one attached hydrogen (secondary N) is 3.